The Morgan fingerprint density at radius 3 is 2.42 bits per heavy atom. The van der Waals surface area contributed by atoms with E-state index in [1.807, 2.05) is 0 Å². The molecule has 0 bridgehead atoms. The molecule has 2 aromatic rings. The number of halogens is 2. The van der Waals surface area contributed by atoms with Gasteiger partial charge >= 0.3 is 0 Å². The van der Waals surface area contributed by atoms with Gasteiger partial charge in [0.25, 0.3) is 17.7 Å². The van der Waals surface area contributed by atoms with Crippen LogP contribution < -0.4 is 10.6 Å². The Kier molecular flexibility index (Phi) is 5.51. The van der Waals surface area contributed by atoms with E-state index in [9.17, 15) is 24.0 Å². The van der Waals surface area contributed by atoms with E-state index in [4.69, 9.17) is 23.2 Å². The molecule has 0 spiro atoms. The standard InChI is InChI=1S/C21H15Cl2N3O5/c22-12-6-11(7-13(23)8-12)18(28)25-19(29)14-3-1-2-10-9-26(21(31)17(10)14)15-4-5-16(27)24-20(15)30/h1-3,6-8,15H,4-5,9H2,(H,24,27,30)(H,25,28,29). The lowest BCUT2D eigenvalue weighted by Crippen LogP contribution is -2.52. The molecule has 10 heteroatoms. The number of benzene rings is 2. The Labute approximate surface area is 186 Å². The maximum absolute atomic E-state index is 13.1. The molecule has 2 aliphatic rings. The Balaban J connectivity index is 1.57. The Bertz CT molecular complexity index is 1140. The number of imide groups is 2. The summed E-state index contributed by atoms with van der Waals surface area (Å²) < 4.78 is 0. The molecule has 5 amide bonds. The first-order valence-electron chi connectivity index (χ1n) is 9.33. The molecule has 2 aliphatic heterocycles. The van der Waals surface area contributed by atoms with Gasteiger partial charge in [0, 0.05) is 28.6 Å². The van der Waals surface area contributed by atoms with Crippen LogP contribution in [-0.2, 0) is 16.1 Å². The van der Waals surface area contributed by atoms with Gasteiger partial charge in [-0.2, -0.15) is 0 Å². The van der Waals surface area contributed by atoms with Crippen molar-refractivity contribution >= 4 is 52.7 Å². The van der Waals surface area contributed by atoms with Crippen LogP contribution in [0.3, 0.4) is 0 Å². The number of nitrogens with zero attached hydrogens (tertiary/aromatic N) is 1. The zero-order chi connectivity index (χ0) is 22.3. The minimum Gasteiger partial charge on any atom is -0.322 e. The smallest absolute Gasteiger partial charge is 0.258 e. The fourth-order valence-electron chi connectivity index (χ4n) is 3.73. The number of fused-ring (bicyclic) bond motifs is 1. The maximum atomic E-state index is 13.1. The number of carbonyl (C=O) groups is 5. The lowest BCUT2D eigenvalue weighted by atomic mass is 10.0. The second-order valence-electron chi connectivity index (χ2n) is 7.18. The van der Waals surface area contributed by atoms with Gasteiger partial charge in [-0.25, -0.2) is 0 Å². The predicted molar refractivity (Wildman–Crippen MR) is 111 cm³/mol. The molecule has 1 saturated heterocycles. The molecule has 2 heterocycles. The van der Waals surface area contributed by atoms with Crippen LogP contribution in [0.25, 0.3) is 0 Å². The summed E-state index contributed by atoms with van der Waals surface area (Å²) in [7, 11) is 0. The third kappa shape index (κ3) is 4.04. The highest BCUT2D eigenvalue weighted by atomic mass is 35.5. The fraction of sp³-hybridized carbons (Fsp3) is 0.190. The zero-order valence-electron chi connectivity index (χ0n) is 15.9. The maximum Gasteiger partial charge on any atom is 0.258 e. The number of hydrogen-bond donors (Lipinski definition) is 2. The molecular formula is C21H15Cl2N3O5. The van der Waals surface area contributed by atoms with Gasteiger partial charge in [-0.3, -0.25) is 34.6 Å². The van der Waals surface area contributed by atoms with Gasteiger partial charge in [-0.1, -0.05) is 35.3 Å². The molecule has 1 atom stereocenters. The highest BCUT2D eigenvalue weighted by molar-refractivity contribution is 6.35. The molecule has 8 nitrogen and oxygen atoms in total. The van der Waals surface area contributed by atoms with E-state index in [0.29, 0.717) is 5.56 Å². The Hall–Kier alpha value is -3.23. The van der Waals surface area contributed by atoms with Gasteiger partial charge in [0.15, 0.2) is 0 Å². The average Bonchev–Trinajstić information content (AvgIpc) is 3.03. The third-order valence-electron chi connectivity index (χ3n) is 5.15. The molecule has 0 aromatic heterocycles. The summed E-state index contributed by atoms with van der Waals surface area (Å²) in [4.78, 5) is 63.3. The first-order chi connectivity index (χ1) is 14.7. The lowest BCUT2D eigenvalue weighted by molar-refractivity contribution is -0.136. The zero-order valence-corrected chi connectivity index (χ0v) is 17.4. The number of nitrogens with one attached hydrogen (secondary N) is 2. The molecule has 0 saturated carbocycles. The van der Waals surface area contributed by atoms with Gasteiger partial charge < -0.3 is 4.90 Å². The lowest BCUT2D eigenvalue weighted by Gasteiger charge is -2.29. The van der Waals surface area contributed by atoms with Gasteiger partial charge in [-0.05, 0) is 36.2 Å². The normalized spacial score (nSPS) is 17.9. The summed E-state index contributed by atoms with van der Waals surface area (Å²) in [5, 5.41) is 4.94. The van der Waals surface area contributed by atoms with Crippen molar-refractivity contribution in [2.24, 2.45) is 0 Å². The van der Waals surface area contributed by atoms with Crippen LogP contribution in [0.15, 0.2) is 36.4 Å². The van der Waals surface area contributed by atoms with Crippen LogP contribution in [0.2, 0.25) is 10.0 Å². The SMILES string of the molecule is O=C1CCC(N2Cc3cccc(C(=O)NC(=O)c4cc(Cl)cc(Cl)c4)c3C2=O)C(=O)N1. The van der Waals surface area contributed by atoms with Crippen LogP contribution in [0.1, 0.15) is 49.5 Å². The Morgan fingerprint density at radius 1 is 1.03 bits per heavy atom. The van der Waals surface area contributed by atoms with Crippen molar-refractivity contribution in [3.05, 3.63) is 68.7 Å². The van der Waals surface area contributed by atoms with E-state index >= 15 is 0 Å². The van der Waals surface area contributed by atoms with Crippen LogP contribution in [-0.4, -0.2) is 40.5 Å². The summed E-state index contributed by atoms with van der Waals surface area (Å²) in [6.45, 7) is 0.124. The monoisotopic (exact) mass is 459 g/mol. The number of carbonyl (C=O) groups excluding carboxylic acids is 5. The van der Waals surface area contributed by atoms with E-state index in [0.717, 1.165) is 0 Å². The van der Waals surface area contributed by atoms with E-state index in [1.54, 1.807) is 12.1 Å². The topological polar surface area (TPSA) is 113 Å². The van der Waals surface area contributed by atoms with Crippen molar-refractivity contribution in [2.75, 3.05) is 0 Å². The van der Waals surface area contributed by atoms with Crippen molar-refractivity contribution in [2.45, 2.75) is 25.4 Å². The largest absolute Gasteiger partial charge is 0.322 e. The van der Waals surface area contributed by atoms with Crippen LogP contribution >= 0.6 is 23.2 Å². The summed E-state index contributed by atoms with van der Waals surface area (Å²) in [6.07, 6.45) is 0.334. The van der Waals surface area contributed by atoms with E-state index in [2.05, 4.69) is 10.6 Å². The molecule has 1 unspecified atom stereocenters. The Morgan fingerprint density at radius 2 is 1.74 bits per heavy atom. The van der Waals surface area contributed by atoms with Crippen LogP contribution in [0.4, 0.5) is 0 Å². The molecule has 4 rings (SSSR count). The molecule has 31 heavy (non-hydrogen) atoms. The first-order valence-corrected chi connectivity index (χ1v) is 10.1. The van der Waals surface area contributed by atoms with Crippen molar-refractivity contribution in [1.82, 2.24) is 15.5 Å². The van der Waals surface area contributed by atoms with E-state index in [1.165, 1.54) is 29.2 Å². The molecule has 0 radical (unpaired) electrons. The molecule has 2 aromatic carbocycles. The van der Waals surface area contributed by atoms with Crippen molar-refractivity contribution in [3.63, 3.8) is 0 Å². The van der Waals surface area contributed by atoms with Gasteiger partial charge in [0.2, 0.25) is 11.8 Å². The first kappa shape index (κ1) is 21.0. The molecular weight excluding hydrogens is 445 g/mol. The number of rotatable bonds is 3. The van der Waals surface area contributed by atoms with Gasteiger partial charge in [0.05, 0.1) is 11.1 Å². The molecule has 0 aliphatic carbocycles. The number of piperidine rings is 1. The second kappa shape index (κ2) is 8.13. The average molecular weight is 460 g/mol. The van der Waals surface area contributed by atoms with E-state index in [-0.39, 0.29) is 52.0 Å². The molecule has 2 N–H and O–H groups in total. The summed E-state index contributed by atoms with van der Waals surface area (Å²) >= 11 is 11.8. The number of hydrogen-bond acceptors (Lipinski definition) is 5. The predicted octanol–water partition coefficient (Wildman–Crippen LogP) is 2.32. The third-order valence-corrected chi connectivity index (χ3v) is 5.59. The minimum atomic E-state index is -0.802. The van der Waals surface area contributed by atoms with E-state index < -0.39 is 29.7 Å². The summed E-state index contributed by atoms with van der Waals surface area (Å²) in [5.74, 6) is -2.93. The van der Waals surface area contributed by atoms with Gasteiger partial charge in [0.1, 0.15) is 6.04 Å². The van der Waals surface area contributed by atoms with Crippen LogP contribution in [0.5, 0.6) is 0 Å². The molecule has 158 valence electrons. The van der Waals surface area contributed by atoms with Crippen LogP contribution in [0, 0.1) is 0 Å². The minimum absolute atomic E-state index is 0.0127. The second-order valence-corrected chi connectivity index (χ2v) is 8.05. The van der Waals surface area contributed by atoms with Crippen molar-refractivity contribution < 1.29 is 24.0 Å². The number of amides is 5. The quantitative estimate of drug-likeness (QED) is 0.683. The van der Waals surface area contributed by atoms with Crippen molar-refractivity contribution in [1.29, 1.82) is 0 Å². The van der Waals surface area contributed by atoms with Crippen molar-refractivity contribution in [3.8, 4) is 0 Å². The molecule has 1 fully saturated rings. The highest BCUT2D eigenvalue weighted by Crippen LogP contribution is 2.30. The summed E-state index contributed by atoms with van der Waals surface area (Å²) in [6, 6.07) is 8.07. The van der Waals surface area contributed by atoms with Gasteiger partial charge in [-0.15, -0.1) is 0 Å². The fourth-order valence-corrected chi connectivity index (χ4v) is 4.26. The highest BCUT2D eigenvalue weighted by Gasteiger charge is 2.40. The summed E-state index contributed by atoms with van der Waals surface area (Å²) in [5.41, 5.74) is 0.788.